The molecule has 8 nitrogen and oxygen atoms in total. The molecule has 2 aliphatic heterocycles. The fourth-order valence-corrected chi connectivity index (χ4v) is 2.56. The number of primary amides is 1. The van der Waals surface area contributed by atoms with E-state index < -0.39 is 30.4 Å². The lowest BCUT2D eigenvalue weighted by molar-refractivity contribution is -0.140. The van der Waals surface area contributed by atoms with E-state index in [9.17, 15) is 14.4 Å². The van der Waals surface area contributed by atoms with Gasteiger partial charge in [-0.2, -0.15) is 0 Å². The van der Waals surface area contributed by atoms with Crippen LogP contribution in [0.25, 0.3) is 0 Å². The number of aliphatic carboxylic acids is 1. The molecule has 0 aromatic rings. The van der Waals surface area contributed by atoms with E-state index in [-0.39, 0.29) is 18.2 Å². The molecule has 5 N–H and O–H groups in total. The van der Waals surface area contributed by atoms with E-state index in [1.165, 1.54) is 0 Å². The largest absolute Gasteiger partial charge is 0.480 e. The van der Waals surface area contributed by atoms with Crippen LogP contribution in [0.3, 0.4) is 0 Å². The maximum Gasteiger partial charge on any atom is 0.326 e. The predicted molar refractivity (Wildman–Crippen MR) is 63.2 cm³/mol. The van der Waals surface area contributed by atoms with Crippen LogP contribution in [0.4, 0.5) is 4.79 Å². The summed E-state index contributed by atoms with van der Waals surface area (Å²) in [4.78, 5) is 33.3. The average Bonchev–Trinajstić information content (AvgIpc) is 2.89. The molecule has 2 heterocycles. The fraction of sp³-hybridized carbons (Fsp3) is 0.727. The Kier molecular flexibility index (Phi) is 3.89. The van der Waals surface area contributed by atoms with Crippen molar-refractivity contribution in [1.82, 2.24) is 10.6 Å². The Labute approximate surface area is 109 Å². The average molecular weight is 271 g/mol. The minimum absolute atomic E-state index is 0.00942. The van der Waals surface area contributed by atoms with Crippen molar-refractivity contribution in [1.29, 1.82) is 0 Å². The minimum atomic E-state index is -1.31. The summed E-state index contributed by atoms with van der Waals surface area (Å²) >= 11 is 0. The van der Waals surface area contributed by atoms with E-state index in [0.717, 1.165) is 19.3 Å². The van der Waals surface area contributed by atoms with E-state index >= 15 is 0 Å². The van der Waals surface area contributed by atoms with Crippen LogP contribution in [-0.2, 0) is 14.3 Å². The first-order valence-corrected chi connectivity index (χ1v) is 6.19. The first kappa shape index (κ1) is 13.6. The highest BCUT2D eigenvalue weighted by molar-refractivity contribution is 5.87. The highest BCUT2D eigenvalue weighted by atomic mass is 16.5. The molecule has 8 heteroatoms. The summed E-state index contributed by atoms with van der Waals surface area (Å²) in [5.74, 6) is -2.07. The van der Waals surface area contributed by atoms with Crippen LogP contribution in [-0.4, -0.2) is 47.3 Å². The summed E-state index contributed by atoms with van der Waals surface area (Å²) < 4.78 is 5.57. The second-order valence-electron chi connectivity index (χ2n) is 4.90. The summed E-state index contributed by atoms with van der Waals surface area (Å²) in [6.45, 7) is 0. The van der Waals surface area contributed by atoms with Gasteiger partial charge in [0.05, 0.1) is 24.7 Å². The van der Waals surface area contributed by atoms with Crippen LogP contribution in [0, 0.1) is 0 Å². The first-order valence-electron chi connectivity index (χ1n) is 6.19. The van der Waals surface area contributed by atoms with Gasteiger partial charge in [-0.25, -0.2) is 9.59 Å². The number of fused-ring (bicyclic) bond motifs is 2. The van der Waals surface area contributed by atoms with Crippen molar-refractivity contribution in [2.24, 2.45) is 5.73 Å². The van der Waals surface area contributed by atoms with Crippen LogP contribution < -0.4 is 16.4 Å². The van der Waals surface area contributed by atoms with Crippen LogP contribution in [0.2, 0.25) is 0 Å². The van der Waals surface area contributed by atoms with Gasteiger partial charge in [-0.1, -0.05) is 0 Å². The number of carbonyl (C=O) groups excluding carboxylic acids is 2. The summed E-state index contributed by atoms with van der Waals surface area (Å²) in [5.41, 5.74) is 4.93. The molecule has 106 valence electrons. The van der Waals surface area contributed by atoms with Crippen molar-refractivity contribution in [3.63, 3.8) is 0 Å². The Morgan fingerprint density at radius 1 is 1.37 bits per heavy atom. The Hall–Kier alpha value is -1.83. The van der Waals surface area contributed by atoms with Crippen LogP contribution in [0.5, 0.6) is 0 Å². The van der Waals surface area contributed by atoms with Crippen molar-refractivity contribution < 1.29 is 24.2 Å². The number of hydrogen-bond acceptors (Lipinski definition) is 4. The first-order chi connectivity index (χ1) is 8.95. The van der Waals surface area contributed by atoms with E-state index in [2.05, 4.69) is 10.6 Å². The van der Waals surface area contributed by atoms with Gasteiger partial charge in [0.25, 0.3) is 0 Å². The number of ether oxygens (including phenoxy) is 1. The molecular formula is C11H17N3O5. The molecule has 0 aromatic carbocycles. The molecule has 3 amide bonds. The lowest BCUT2D eigenvalue weighted by atomic mass is 9.96. The molecule has 0 saturated carbocycles. The molecule has 2 rings (SSSR count). The lowest BCUT2D eigenvalue weighted by Crippen LogP contribution is -2.52. The van der Waals surface area contributed by atoms with Crippen molar-refractivity contribution >= 4 is 17.9 Å². The molecule has 2 bridgehead atoms. The normalized spacial score (nSPS) is 29.8. The maximum atomic E-state index is 11.7. The Morgan fingerprint density at radius 2 is 2.11 bits per heavy atom. The molecule has 0 spiro atoms. The van der Waals surface area contributed by atoms with Crippen molar-refractivity contribution in [2.75, 3.05) is 0 Å². The number of urea groups is 1. The minimum Gasteiger partial charge on any atom is -0.480 e. The van der Waals surface area contributed by atoms with Gasteiger partial charge < -0.3 is 26.2 Å². The zero-order chi connectivity index (χ0) is 14.0. The smallest absolute Gasteiger partial charge is 0.326 e. The van der Waals surface area contributed by atoms with Gasteiger partial charge >= 0.3 is 12.0 Å². The second kappa shape index (κ2) is 5.43. The topological polar surface area (TPSA) is 131 Å². The number of carbonyl (C=O) groups is 3. The van der Waals surface area contributed by atoms with Crippen LogP contribution in [0.1, 0.15) is 25.7 Å². The number of hydrogen-bond donors (Lipinski definition) is 4. The van der Waals surface area contributed by atoms with Gasteiger partial charge in [0.1, 0.15) is 6.04 Å². The van der Waals surface area contributed by atoms with Crippen LogP contribution >= 0.6 is 0 Å². The number of amides is 3. The van der Waals surface area contributed by atoms with E-state index in [0.29, 0.717) is 0 Å². The summed E-state index contributed by atoms with van der Waals surface area (Å²) in [6, 6.07) is -2.02. The monoisotopic (exact) mass is 271 g/mol. The number of carboxylic acids is 1. The number of nitrogens with two attached hydrogens (primary N) is 1. The van der Waals surface area contributed by atoms with Gasteiger partial charge in [-0.3, -0.25) is 4.79 Å². The summed E-state index contributed by atoms with van der Waals surface area (Å²) in [5, 5.41) is 13.8. The quantitative estimate of drug-likeness (QED) is 0.506. The van der Waals surface area contributed by atoms with Crippen molar-refractivity contribution in [3.05, 3.63) is 0 Å². The highest BCUT2D eigenvalue weighted by Gasteiger charge is 2.41. The van der Waals surface area contributed by atoms with Gasteiger partial charge in [-0.05, 0) is 19.3 Å². The van der Waals surface area contributed by atoms with E-state index in [4.69, 9.17) is 15.6 Å². The molecule has 4 atom stereocenters. The number of nitrogens with one attached hydrogen (secondary N) is 2. The molecule has 0 aliphatic carbocycles. The second-order valence-corrected chi connectivity index (χ2v) is 4.90. The zero-order valence-electron chi connectivity index (χ0n) is 10.3. The third kappa shape index (κ3) is 3.34. The maximum absolute atomic E-state index is 11.7. The van der Waals surface area contributed by atoms with Crippen molar-refractivity contribution in [3.8, 4) is 0 Å². The fourth-order valence-electron chi connectivity index (χ4n) is 2.56. The molecule has 19 heavy (non-hydrogen) atoms. The lowest BCUT2D eigenvalue weighted by Gasteiger charge is -2.21. The molecule has 2 saturated heterocycles. The van der Waals surface area contributed by atoms with Gasteiger partial charge in [0.15, 0.2) is 0 Å². The Bertz CT molecular complexity index is 400. The molecule has 4 unspecified atom stereocenters. The van der Waals surface area contributed by atoms with Crippen molar-refractivity contribution in [2.45, 2.75) is 50.0 Å². The van der Waals surface area contributed by atoms with Crippen LogP contribution in [0.15, 0.2) is 0 Å². The van der Waals surface area contributed by atoms with E-state index in [1.807, 2.05) is 0 Å². The zero-order valence-corrected chi connectivity index (χ0v) is 10.3. The SMILES string of the molecule is NC(=O)CC(NC(=O)NC1CC2CCC1O2)C(=O)O. The molecule has 0 aromatic heterocycles. The molecule has 0 radical (unpaired) electrons. The van der Waals surface area contributed by atoms with Gasteiger partial charge in [0.2, 0.25) is 5.91 Å². The number of rotatable bonds is 5. The highest BCUT2D eigenvalue weighted by Crippen LogP contribution is 2.34. The third-order valence-corrected chi connectivity index (χ3v) is 3.43. The number of carboxylic acid groups (broad SMARTS) is 1. The standard InChI is InChI=1S/C11H17N3O5/c12-9(15)4-7(10(16)17)14-11(18)13-6-3-5-1-2-8(6)19-5/h5-8H,1-4H2,(H2,12,15)(H,16,17)(H2,13,14,18). The summed E-state index contributed by atoms with van der Waals surface area (Å²) in [6.07, 6.45) is 2.41. The summed E-state index contributed by atoms with van der Waals surface area (Å²) in [7, 11) is 0. The predicted octanol–water partition coefficient (Wildman–Crippen LogP) is -1.07. The van der Waals surface area contributed by atoms with Gasteiger partial charge in [-0.15, -0.1) is 0 Å². The van der Waals surface area contributed by atoms with Gasteiger partial charge in [0, 0.05) is 0 Å². The Balaban J connectivity index is 1.82. The van der Waals surface area contributed by atoms with E-state index in [1.54, 1.807) is 0 Å². The molecule has 2 fully saturated rings. The third-order valence-electron chi connectivity index (χ3n) is 3.43. The Morgan fingerprint density at radius 3 is 2.58 bits per heavy atom. The molecule has 2 aliphatic rings. The molecular weight excluding hydrogens is 254 g/mol.